The first-order valence-electron chi connectivity index (χ1n) is 6.50. The molecular formula is C15H12FN3O4. The van der Waals surface area contributed by atoms with Crippen LogP contribution in [0.2, 0.25) is 0 Å². The van der Waals surface area contributed by atoms with Crippen molar-refractivity contribution < 1.29 is 18.8 Å². The topological polar surface area (TPSA) is 93.8 Å². The molecule has 2 aromatic rings. The number of ether oxygens (including phenoxy) is 1. The molecule has 2 aromatic carbocycles. The van der Waals surface area contributed by atoms with Crippen LogP contribution in [0.1, 0.15) is 5.56 Å². The second kappa shape index (κ2) is 7.64. The third-order valence-electron chi connectivity index (χ3n) is 2.72. The lowest BCUT2D eigenvalue weighted by molar-refractivity contribution is -0.385. The SMILES string of the molecule is O=C(COc1ccccc1[N+](=O)[O-])N/N=C\c1ccccc1F. The third-order valence-corrected chi connectivity index (χ3v) is 2.72. The van der Waals surface area contributed by atoms with Crippen molar-refractivity contribution in [3.8, 4) is 5.75 Å². The summed E-state index contributed by atoms with van der Waals surface area (Å²) in [4.78, 5) is 21.7. The predicted octanol–water partition coefficient (Wildman–Crippen LogP) is 2.26. The van der Waals surface area contributed by atoms with E-state index >= 15 is 0 Å². The lowest BCUT2D eigenvalue weighted by Gasteiger charge is -2.05. The molecule has 0 aliphatic carbocycles. The van der Waals surface area contributed by atoms with Crippen molar-refractivity contribution in [2.24, 2.45) is 5.10 Å². The van der Waals surface area contributed by atoms with Crippen molar-refractivity contribution in [1.29, 1.82) is 0 Å². The van der Waals surface area contributed by atoms with Crippen LogP contribution in [0, 0.1) is 15.9 Å². The molecule has 23 heavy (non-hydrogen) atoms. The second-order valence-electron chi connectivity index (χ2n) is 4.33. The number of carbonyl (C=O) groups excluding carboxylic acids is 1. The number of benzene rings is 2. The molecule has 0 saturated carbocycles. The predicted molar refractivity (Wildman–Crippen MR) is 80.7 cm³/mol. The molecule has 0 radical (unpaired) electrons. The molecule has 0 saturated heterocycles. The standard InChI is InChI=1S/C15H12FN3O4/c16-12-6-2-1-5-11(12)9-17-18-15(20)10-23-14-8-4-3-7-13(14)19(21)22/h1-9H,10H2,(H,18,20)/b17-9-. The number of nitro benzene ring substituents is 1. The van der Waals surface area contributed by atoms with Gasteiger partial charge in [0.15, 0.2) is 12.4 Å². The minimum absolute atomic E-state index is 0.0225. The van der Waals surface area contributed by atoms with Gasteiger partial charge in [0.1, 0.15) is 5.82 Å². The Hall–Kier alpha value is -3.29. The number of rotatable bonds is 6. The highest BCUT2D eigenvalue weighted by atomic mass is 19.1. The Balaban J connectivity index is 1.89. The quantitative estimate of drug-likeness (QED) is 0.502. The van der Waals surface area contributed by atoms with Crippen LogP contribution in [0.5, 0.6) is 5.75 Å². The normalized spacial score (nSPS) is 10.5. The number of halogens is 1. The highest BCUT2D eigenvalue weighted by molar-refractivity contribution is 5.83. The summed E-state index contributed by atoms with van der Waals surface area (Å²) < 4.78 is 18.4. The van der Waals surface area contributed by atoms with Gasteiger partial charge in [0.25, 0.3) is 5.91 Å². The van der Waals surface area contributed by atoms with Crippen LogP contribution in [0.15, 0.2) is 53.6 Å². The Labute approximate surface area is 130 Å². The van der Waals surface area contributed by atoms with E-state index in [0.717, 1.165) is 6.21 Å². The van der Waals surface area contributed by atoms with Gasteiger partial charge >= 0.3 is 5.69 Å². The summed E-state index contributed by atoms with van der Waals surface area (Å²) in [6.07, 6.45) is 1.15. The smallest absolute Gasteiger partial charge is 0.310 e. The zero-order valence-electron chi connectivity index (χ0n) is 11.8. The maximum Gasteiger partial charge on any atom is 0.310 e. The van der Waals surface area contributed by atoms with Crippen LogP contribution >= 0.6 is 0 Å². The van der Waals surface area contributed by atoms with Gasteiger partial charge in [-0.1, -0.05) is 30.3 Å². The van der Waals surface area contributed by atoms with Gasteiger partial charge in [-0.3, -0.25) is 14.9 Å². The van der Waals surface area contributed by atoms with Crippen molar-refractivity contribution in [3.05, 3.63) is 70.0 Å². The molecule has 0 bridgehead atoms. The molecule has 0 aromatic heterocycles. The molecule has 0 spiro atoms. The number of nitro groups is 1. The highest BCUT2D eigenvalue weighted by Crippen LogP contribution is 2.25. The number of nitrogens with one attached hydrogen (secondary N) is 1. The summed E-state index contributed by atoms with van der Waals surface area (Å²) in [5, 5.41) is 14.4. The van der Waals surface area contributed by atoms with Crippen molar-refractivity contribution in [3.63, 3.8) is 0 Å². The molecule has 1 amide bonds. The van der Waals surface area contributed by atoms with Crippen LogP contribution in [-0.2, 0) is 4.79 Å². The minimum atomic E-state index is -0.629. The van der Waals surface area contributed by atoms with Crippen molar-refractivity contribution in [2.45, 2.75) is 0 Å². The molecule has 0 aliphatic rings. The number of nitrogens with zero attached hydrogens (tertiary/aromatic N) is 2. The Morgan fingerprint density at radius 1 is 1.26 bits per heavy atom. The van der Waals surface area contributed by atoms with E-state index < -0.39 is 23.3 Å². The van der Waals surface area contributed by atoms with Crippen LogP contribution in [0.25, 0.3) is 0 Å². The Morgan fingerprint density at radius 3 is 2.70 bits per heavy atom. The lowest BCUT2D eigenvalue weighted by atomic mass is 10.2. The highest BCUT2D eigenvalue weighted by Gasteiger charge is 2.14. The van der Waals surface area contributed by atoms with E-state index in [4.69, 9.17) is 4.74 Å². The summed E-state index contributed by atoms with van der Waals surface area (Å²) in [5.41, 5.74) is 2.12. The largest absolute Gasteiger partial charge is 0.477 e. The molecule has 7 nitrogen and oxygen atoms in total. The number of para-hydroxylation sites is 2. The number of amides is 1. The van der Waals surface area contributed by atoms with E-state index in [1.165, 1.54) is 36.4 Å². The minimum Gasteiger partial charge on any atom is -0.477 e. The van der Waals surface area contributed by atoms with Gasteiger partial charge in [-0.2, -0.15) is 5.10 Å². The first kappa shape index (κ1) is 16.1. The molecule has 0 heterocycles. The maximum atomic E-state index is 13.3. The fourth-order valence-electron chi connectivity index (χ4n) is 1.66. The van der Waals surface area contributed by atoms with Gasteiger partial charge in [0.2, 0.25) is 0 Å². The summed E-state index contributed by atoms with van der Waals surface area (Å²) in [6.45, 7) is -0.459. The molecule has 1 N–H and O–H groups in total. The lowest BCUT2D eigenvalue weighted by Crippen LogP contribution is -2.24. The number of hydrogen-bond donors (Lipinski definition) is 1. The summed E-state index contributed by atoms with van der Waals surface area (Å²) in [7, 11) is 0. The summed E-state index contributed by atoms with van der Waals surface area (Å²) in [5.74, 6) is -1.12. The third kappa shape index (κ3) is 4.60. The summed E-state index contributed by atoms with van der Waals surface area (Å²) >= 11 is 0. The van der Waals surface area contributed by atoms with Crippen molar-refractivity contribution in [2.75, 3.05) is 6.61 Å². The zero-order valence-corrected chi connectivity index (χ0v) is 11.8. The zero-order chi connectivity index (χ0) is 16.7. The fourth-order valence-corrected chi connectivity index (χ4v) is 1.66. The first-order chi connectivity index (χ1) is 11.1. The molecule has 0 atom stereocenters. The number of hydrazone groups is 1. The Bertz CT molecular complexity index is 749. The average Bonchev–Trinajstić information content (AvgIpc) is 2.55. The maximum absolute atomic E-state index is 13.3. The van der Waals surface area contributed by atoms with Gasteiger partial charge in [-0.05, 0) is 12.1 Å². The van der Waals surface area contributed by atoms with E-state index in [2.05, 4.69) is 10.5 Å². The molecule has 0 aliphatic heterocycles. The second-order valence-corrected chi connectivity index (χ2v) is 4.33. The molecule has 118 valence electrons. The average molecular weight is 317 g/mol. The van der Waals surface area contributed by atoms with E-state index in [1.54, 1.807) is 12.1 Å². The number of carbonyl (C=O) groups is 1. The molecular weight excluding hydrogens is 305 g/mol. The van der Waals surface area contributed by atoms with Gasteiger partial charge in [0.05, 0.1) is 11.1 Å². The van der Waals surface area contributed by atoms with E-state index in [-0.39, 0.29) is 17.0 Å². The molecule has 0 unspecified atom stereocenters. The van der Waals surface area contributed by atoms with Gasteiger partial charge < -0.3 is 4.74 Å². The van der Waals surface area contributed by atoms with Crippen molar-refractivity contribution >= 4 is 17.8 Å². The molecule has 2 rings (SSSR count). The van der Waals surface area contributed by atoms with Crippen molar-refractivity contribution in [1.82, 2.24) is 5.43 Å². The Morgan fingerprint density at radius 2 is 1.96 bits per heavy atom. The van der Waals surface area contributed by atoms with Gasteiger partial charge in [-0.25, -0.2) is 9.82 Å². The first-order valence-corrected chi connectivity index (χ1v) is 6.50. The van der Waals surface area contributed by atoms with Gasteiger partial charge in [-0.15, -0.1) is 0 Å². The van der Waals surface area contributed by atoms with Crippen LogP contribution in [0.3, 0.4) is 0 Å². The van der Waals surface area contributed by atoms with E-state index in [1.807, 2.05) is 0 Å². The number of hydrogen-bond acceptors (Lipinski definition) is 5. The fraction of sp³-hybridized carbons (Fsp3) is 0.0667. The van der Waals surface area contributed by atoms with Crippen LogP contribution in [-0.4, -0.2) is 23.7 Å². The van der Waals surface area contributed by atoms with Crippen LogP contribution in [0.4, 0.5) is 10.1 Å². The summed E-state index contributed by atoms with van der Waals surface area (Å²) in [6, 6.07) is 11.6. The Kier molecular flexibility index (Phi) is 5.35. The van der Waals surface area contributed by atoms with Crippen LogP contribution < -0.4 is 10.2 Å². The van der Waals surface area contributed by atoms with E-state index in [9.17, 15) is 19.3 Å². The van der Waals surface area contributed by atoms with Gasteiger partial charge in [0, 0.05) is 11.6 Å². The molecule has 0 fully saturated rings. The molecule has 8 heteroatoms. The van der Waals surface area contributed by atoms with E-state index in [0.29, 0.717) is 0 Å². The monoisotopic (exact) mass is 317 g/mol.